The topological polar surface area (TPSA) is 29.5 Å². The van der Waals surface area contributed by atoms with E-state index in [2.05, 4.69) is 0 Å². The lowest BCUT2D eigenvalue weighted by atomic mass is 9.93. The van der Waals surface area contributed by atoms with E-state index >= 15 is 0 Å². The highest BCUT2D eigenvalue weighted by Gasteiger charge is 2.24. The summed E-state index contributed by atoms with van der Waals surface area (Å²) in [6.07, 6.45) is 3.42. The number of piperidine rings is 1. The quantitative estimate of drug-likeness (QED) is 0.779. The number of hydrogen-bond acceptors (Lipinski definition) is 2. The second-order valence-electron chi connectivity index (χ2n) is 5.74. The van der Waals surface area contributed by atoms with Crippen LogP contribution in [0.3, 0.4) is 0 Å². The van der Waals surface area contributed by atoms with Gasteiger partial charge in [0, 0.05) is 24.9 Å². The summed E-state index contributed by atoms with van der Waals surface area (Å²) in [5, 5.41) is 0.210. The predicted molar refractivity (Wildman–Crippen MR) is 85.9 cm³/mol. The summed E-state index contributed by atoms with van der Waals surface area (Å²) in [5.41, 5.74) is 1.17. The normalized spacial score (nSPS) is 17.6. The number of hydrogen-bond donors (Lipinski definition) is 0. The van der Waals surface area contributed by atoms with E-state index < -0.39 is 0 Å². The summed E-state index contributed by atoms with van der Waals surface area (Å²) >= 11 is 6.14. The number of amides is 1. The molecule has 2 rings (SSSR count). The minimum absolute atomic E-state index is 0.210. The second kappa shape index (κ2) is 7.69. The number of nitrogens with zero attached hydrogens (tertiary/aromatic N) is 1. The summed E-state index contributed by atoms with van der Waals surface area (Å²) in [6.45, 7) is 3.75. The lowest BCUT2D eigenvalue weighted by molar-refractivity contribution is -0.132. The van der Waals surface area contributed by atoms with Crippen molar-refractivity contribution < 1.29 is 9.53 Å². The van der Waals surface area contributed by atoms with Gasteiger partial charge in [-0.15, -0.1) is 11.6 Å². The Morgan fingerprint density at radius 2 is 1.95 bits per heavy atom. The molecule has 1 unspecified atom stereocenters. The molecule has 0 aliphatic carbocycles. The number of rotatable bonds is 5. The van der Waals surface area contributed by atoms with Crippen LogP contribution in [0.15, 0.2) is 24.3 Å². The van der Waals surface area contributed by atoms with Gasteiger partial charge in [-0.2, -0.15) is 0 Å². The molecule has 0 spiro atoms. The van der Waals surface area contributed by atoms with E-state index in [-0.39, 0.29) is 11.3 Å². The molecule has 1 aromatic carbocycles. The molecular weight excluding hydrogens is 286 g/mol. The molecule has 21 heavy (non-hydrogen) atoms. The highest BCUT2D eigenvalue weighted by molar-refractivity contribution is 6.20. The first kappa shape index (κ1) is 16.2. The Kier molecular flexibility index (Phi) is 5.92. The third-order valence-corrected chi connectivity index (χ3v) is 4.68. The van der Waals surface area contributed by atoms with E-state index in [1.807, 2.05) is 36.1 Å². The Labute approximate surface area is 132 Å². The molecule has 0 N–H and O–H groups in total. The Hall–Kier alpha value is -1.22. The number of halogens is 1. The maximum atomic E-state index is 12.2. The minimum atomic E-state index is 0.210. The van der Waals surface area contributed by atoms with E-state index in [0.29, 0.717) is 12.3 Å². The molecule has 1 aromatic rings. The Morgan fingerprint density at radius 1 is 1.33 bits per heavy atom. The van der Waals surface area contributed by atoms with Crippen molar-refractivity contribution in [3.63, 3.8) is 0 Å². The van der Waals surface area contributed by atoms with Crippen LogP contribution in [0.2, 0.25) is 0 Å². The summed E-state index contributed by atoms with van der Waals surface area (Å²) < 4.78 is 5.13. The number of ether oxygens (including phenoxy) is 1. The van der Waals surface area contributed by atoms with Crippen molar-refractivity contribution in [2.45, 2.75) is 38.0 Å². The number of carbonyl (C=O) groups excluding carboxylic acids is 1. The monoisotopic (exact) mass is 309 g/mol. The lowest BCUT2D eigenvalue weighted by Gasteiger charge is -2.33. The van der Waals surface area contributed by atoms with Gasteiger partial charge in [-0.25, -0.2) is 0 Å². The molecule has 1 fully saturated rings. The SMILES string of the molecule is COc1ccc(CCC(=O)N2CCC(C(C)Cl)CC2)cc1. The highest BCUT2D eigenvalue weighted by Crippen LogP contribution is 2.24. The maximum absolute atomic E-state index is 12.2. The second-order valence-corrected chi connectivity index (χ2v) is 6.43. The maximum Gasteiger partial charge on any atom is 0.222 e. The van der Waals surface area contributed by atoms with Gasteiger partial charge in [0.05, 0.1) is 7.11 Å². The third-order valence-electron chi connectivity index (χ3n) is 4.33. The van der Waals surface area contributed by atoms with Gasteiger partial charge in [0.15, 0.2) is 0 Å². The average molecular weight is 310 g/mol. The molecule has 1 atom stereocenters. The van der Waals surface area contributed by atoms with Crippen LogP contribution in [-0.2, 0) is 11.2 Å². The van der Waals surface area contributed by atoms with Gasteiger partial charge in [0.2, 0.25) is 5.91 Å². The molecule has 116 valence electrons. The van der Waals surface area contributed by atoms with Gasteiger partial charge in [-0.05, 0) is 49.8 Å². The fourth-order valence-corrected chi connectivity index (χ4v) is 3.06. The van der Waals surface area contributed by atoms with Crippen molar-refractivity contribution in [1.29, 1.82) is 0 Å². The third kappa shape index (κ3) is 4.63. The van der Waals surface area contributed by atoms with Crippen LogP contribution >= 0.6 is 11.6 Å². The number of alkyl halides is 1. The van der Waals surface area contributed by atoms with Crippen LogP contribution in [0.5, 0.6) is 5.75 Å². The summed E-state index contributed by atoms with van der Waals surface area (Å²) in [6, 6.07) is 7.92. The van der Waals surface area contributed by atoms with E-state index in [1.165, 1.54) is 5.56 Å². The van der Waals surface area contributed by atoms with E-state index in [0.717, 1.165) is 38.1 Å². The van der Waals surface area contributed by atoms with E-state index in [1.54, 1.807) is 7.11 Å². The number of likely N-dealkylation sites (tertiary alicyclic amines) is 1. The molecule has 1 saturated heterocycles. The van der Waals surface area contributed by atoms with Crippen molar-refractivity contribution in [2.24, 2.45) is 5.92 Å². The molecule has 1 aliphatic rings. The van der Waals surface area contributed by atoms with E-state index in [9.17, 15) is 4.79 Å². The lowest BCUT2D eigenvalue weighted by Crippen LogP contribution is -2.40. The first-order chi connectivity index (χ1) is 10.1. The fraction of sp³-hybridized carbons (Fsp3) is 0.588. The van der Waals surface area contributed by atoms with Crippen LogP contribution in [0.25, 0.3) is 0 Å². The van der Waals surface area contributed by atoms with Gasteiger partial charge in [0.1, 0.15) is 5.75 Å². The predicted octanol–water partition coefficient (Wildman–Crippen LogP) is 3.49. The Bertz CT molecular complexity index is 450. The zero-order valence-corrected chi connectivity index (χ0v) is 13.6. The number of carbonyl (C=O) groups is 1. The zero-order chi connectivity index (χ0) is 15.2. The highest BCUT2D eigenvalue weighted by atomic mass is 35.5. The van der Waals surface area contributed by atoms with E-state index in [4.69, 9.17) is 16.3 Å². The minimum Gasteiger partial charge on any atom is -0.497 e. The van der Waals surface area contributed by atoms with Gasteiger partial charge in [0.25, 0.3) is 0 Å². The van der Waals surface area contributed by atoms with Gasteiger partial charge in [-0.1, -0.05) is 12.1 Å². The van der Waals surface area contributed by atoms with Crippen LogP contribution in [0.4, 0.5) is 0 Å². The van der Waals surface area contributed by atoms with Crippen molar-refractivity contribution in [3.05, 3.63) is 29.8 Å². The van der Waals surface area contributed by atoms with Crippen LogP contribution in [-0.4, -0.2) is 36.4 Å². The fourth-order valence-electron chi connectivity index (χ4n) is 2.81. The molecule has 1 aliphatic heterocycles. The molecule has 4 heteroatoms. The van der Waals surface area contributed by atoms with Crippen molar-refractivity contribution >= 4 is 17.5 Å². The average Bonchev–Trinajstić information content (AvgIpc) is 2.53. The zero-order valence-electron chi connectivity index (χ0n) is 12.8. The first-order valence-electron chi connectivity index (χ1n) is 7.65. The number of benzene rings is 1. The first-order valence-corrected chi connectivity index (χ1v) is 8.08. The van der Waals surface area contributed by atoms with Gasteiger partial charge in [-0.3, -0.25) is 4.79 Å². The molecule has 0 aromatic heterocycles. The summed E-state index contributed by atoms with van der Waals surface area (Å²) in [5.74, 6) is 1.66. The molecule has 0 saturated carbocycles. The summed E-state index contributed by atoms with van der Waals surface area (Å²) in [7, 11) is 1.66. The van der Waals surface area contributed by atoms with Crippen molar-refractivity contribution in [2.75, 3.05) is 20.2 Å². The van der Waals surface area contributed by atoms with Gasteiger partial charge < -0.3 is 9.64 Å². The largest absolute Gasteiger partial charge is 0.497 e. The Morgan fingerprint density at radius 3 is 2.48 bits per heavy atom. The van der Waals surface area contributed by atoms with Crippen molar-refractivity contribution in [3.8, 4) is 5.75 Å². The number of methoxy groups -OCH3 is 1. The van der Waals surface area contributed by atoms with Crippen LogP contribution in [0, 0.1) is 5.92 Å². The smallest absolute Gasteiger partial charge is 0.222 e. The van der Waals surface area contributed by atoms with Crippen molar-refractivity contribution in [1.82, 2.24) is 4.90 Å². The molecule has 3 nitrogen and oxygen atoms in total. The molecule has 1 heterocycles. The van der Waals surface area contributed by atoms with Gasteiger partial charge >= 0.3 is 0 Å². The molecule has 0 bridgehead atoms. The number of aryl methyl sites for hydroxylation is 1. The summed E-state index contributed by atoms with van der Waals surface area (Å²) in [4.78, 5) is 14.2. The van der Waals surface area contributed by atoms with Crippen LogP contribution in [0.1, 0.15) is 31.7 Å². The molecule has 1 amide bonds. The molecule has 0 radical (unpaired) electrons. The Balaban J connectivity index is 1.77. The standard InChI is InChI=1S/C17H24ClNO2/c1-13(18)15-9-11-19(12-10-15)17(20)8-5-14-3-6-16(21-2)7-4-14/h3-4,6-7,13,15H,5,8-12H2,1-2H3. The molecular formula is C17H24ClNO2. The van der Waals surface area contributed by atoms with Crippen LogP contribution < -0.4 is 4.74 Å².